The molecule has 2 N–H and O–H groups in total. The van der Waals surface area contributed by atoms with Crippen molar-refractivity contribution in [3.05, 3.63) is 66.4 Å². The summed E-state index contributed by atoms with van der Waals surface area (Å²) in [5.74, 6) is -4.35. The smallest absolute Gasteiger partial charge is 0.407 e. The molecule has 2 fully saturated rings. The Hall–Kier alpha value is -2.96. The lowest BCUT2D eigenvalue weighted by Gasteiger charge is -2.31. The van der Waals surface area contributed by atoms with Crippen LogP contribution in [0.3, 0.4) is 0 Å². The third-order valence-electron chi connectivity index (χ3n) is 6.71. The molecular formula is C29H36N2O8S. The number of rotatable bonds is 11. The molecule has 5 atom stereocenters. The number of aliphatic hydroxyl groups excluding tert-OH is 1. The lowest BCUT2D eigenvalue weighted by molar-refractivity contribution is -0.0907. The van der Waals surface area contributed by atoms with Crippen LogP contribution in [0, 0.1) is 11.8 Å². The number of nitrogens with zero attached hydrogens (tertiary/aromatic N) is 1. The van der Waals surface area contributed by atoms with Crippen molar-refractivity contribution >= 4 is 27.1 Å². The molecule has 1 amide bonds. The van der Waals surface area contributed by atoms with Gasteiger partial charge in [-0.1, -0.05) is 44.0 Å². The van der Waals surface area contributed by atoms with Gasteiger partial charge in [-0.2, -0.15) is 4.31 Å². The van der Waals surface area contributed by atoms with Crippen LogP contribution < -0.4 is 5.32 Å². The van der Waals surface area contributed by atoms with Crippen LogP contribution in [0.25, 0.3) is 11.0 Å². The Morgan fingerprint density at radius 3 is 2.88 bits per heavy atom. The zero-order valence-corrected chi connectivity index (χ0v) is 22.1. The van der Waals surface area contributed by atoms with E-state index in [1.54, 1.807) is 30.3 Å². The topological polar surface area (TPSA) is 128 Å². The summed E-state index contributed by atoms with van der Waals surface area (Å²) in [5.41, 5.74) is 0.849. The molecule has 1 aromatic heterocycles. The van der Waals surface area contributed by atoms with E-state index in [1.807, 2.05) is 0 Å². The maximum Gasteiger partial charge on any atom is 0.407 e. The third-order valence-corrected chi connectivity index (χ3v) is 8.52. The van der Waals surface area contributed by atoms with Gasteiger partial charge in [0, 0.05) is 28.1 Å². The van der Waals surface area contributed by atoms with Gasteiger partial charge in [0.1, 0.15) is 11.7 Å². The number of amides is 1. The first-order valence-electron chi connectivity index (χ1n) is 17.6. The van der Waals surface area contributed by atoms with Gasteiger partial charge in [-0.25, -0.2) is 13.2 Å². The van der Waals surface area contributed by atoms with E-state index in [-0.39, 0.29) is 19.4 Å². The van der Waals surface area contributed by atoms with E-state index in [0.29, 0.717) is 20.8 Å². The van der Waals surface area contributed by atoms with Crippen LogP contribution in [0.2, 0.25) is 0 Å². The maximum absolute atomic E-state index is 14.1. The Morgan fingerprint density at radius 1 is 1.25 bits per heavy atom. The highest BCUT2D eigenvalue weighted by molar-refractivity contribution is 7.89. The Balaban J connectivity index is 1.49. The van der Waals surface area contributed by atoms with Gasteiger partial charge >= 0.3 is 6.09 Å². The van der Waals surface area contributed by atoms with Gasteiger partial charge in [0.2, 0.25) is 10.0 Å². The van der Waals surface area contributed by atoms with Gasteiger partial charge in [0.25, 0.3) is 0 Å². The average molecular weight is 583 g/mol. The Labute approximate surface area is 248 Å². The number of benzene rings is 2. The van der Waals surface area contributed by atoms with Crippen LogP contribution in [0.4, 0.5) is 4.79 Å². The molecule has 2 aromatic carbocycles. The summed E-state index contributed by atoms with van der Waals surface area (Å²) in [7, 11) is -4.85. The van der Waals surface area contributed by atoms with Crippen molar-refractivity contribution in [2.75, 3.05) is 26.3 Å². The first kappa shape index (κ1) is 18.5. The number of furan rings is 1. The zero-order valence-electron chi connectivity index (χ0n) is 31.3. The highest BCUT2D eigenvalue weighted by Crippen LogP contribution is 2.33. The molecule has 3 heterocycles. The number of hydrogen-bond donors (Lipinski definition) is 2. The molecule has 0 unspecified atom stereocenters. The monoisotopic (exact) mass is 582 g/mol. The molecule has 0 radical (unpaired) electrons. The molecule has 0 spiro atoms. The molecule has 5 rings (SSSR count). The van der Waals surface area contributed by atoms with Crippen molar-refractivity contribution in [2.45, 2.75) is 56.0 Å². The summed E-state index contributed by atoms with van der Waals surface area (Å²) in [6.07, 6.45) is -5.69. The van der Waals surface area contributed by atoms with Gasteiger partial charge < -0.3 is 29.1 Å². The van der Waals surface area contributed by atoms with Crippen molar-refractivity contribution in [3.8, 4) is 0 Å². The number of nitrogens with one attached hydrogen (secondary N) is 1. The second-order valence-electron chi connectivity index (χ2n) is 9.51. The molecule has 11 heteroatoms. The van der Waals surface area contributed by atoms with E-state index < -0.39 is 90.7 Å². The van der Waals surface area contributed by atoms with E-state index in [0.717, 1.165) is 6.07 Å². The number of carbonyl (C=O) groups excluding carboxylic acids is 1. The maximum atomic E-state index is 14.1. The fraction of sp³-hybridized carbons (Fsp3) is 0.483. The summed E-state index contributed by atoms with van der Waals surface area (Å²) in [6.45, 7) is -12.1. The fourth-order valence-corrected chi connectivity index (χ4v) is 6.13. The van der Waals surface area contributed by atoms with Crippen molar-refractivity contribution in [3.63, 3.8) is 0 Å². The van der Waals surface area contributed by atoms with Crippen LogP contribution in [0.5, 0.6) is 0 Å². The quantitative estimate of drug-likeness (QED) is 0.352. The number of fused-ring (bicyclic) bond motifs is 2. The number of sulfonamides is 1. The minimum Gasteiger partial charge on any atom is -0.464 e. The molecule has 0 bridgehead atoms. The number of carbonyl (C=O) groups is 1. The minimum atomic E-state index is -4.85. The van der Waals surface area contributed by atoms with Crippen LogP contribution in [0.1, 0.15) is 39.4 Å². The number of hydrogen-bond acceptors (Lipinski definition) is 8. The van der Waals surface area contributed by atoms with E-state index in [4.69, 9.17) is 32.3 Å². The molecule has 0 saturated carbocycles. The van der Waals surface area contributed by atoms with E-state index in [2.05, 4.69) is 5.32 Å². The highest BCUT2D eigenvalue weighted by Gasteiger charge is 2.44. The number of aliphatic hydroxyl groups is 1. The Bertz CT molecular complexity index is 1780. The SMILES string of the molecule is [2H]C([2H])([2H])C([2H])(CN(C[C@@H](O)[C@H](Cc1ccccc1)NC(=O)O[C@]1([2H])[C@@H]2CCO[C@@H]2OC1([2H])[2H])S(=O)(=O)c1ccc2occc2c1)C([2H])([2H])[2H]. The van der Waals surface area contributed by atoms with Crippen molar-refractivity contribution < 1.29 is 50.7 Å². The minimum absolute atomic E-state index is 0.133. The lowest BCUT2D eigenvalue weighted by Crippen LogP contribution is -2.51. The van der Waals surface area contributed by atoms with Crippen LogP contribution >= 0.6 is 0 Å². The van der Waals surface area contributed by atoms with E-state index in [1.165, 1.54) is 24.5 Å². The fourth-order valence-electron chi connectivity index (χ4n) is 4.67. The second kappa shape index (κ2) is 12.3. The van der Waals surface area contributed by atoms with Crippen LogP contribution in [0.15, 0.2) is 70.2 Å². The Morgan fingerprint density at radius 2 is 2.08 bits per heavy atom. The highest BCUT2D eigenvalue weighted by atomic mass is 32.2. The van der Waals surface area contributed by atoms with Crippen molar-refractivity contribution in [1.29, 1.82) is 0 Å². The molecule has 2 aliphatic rings. The average Bonchev–Trinajstić information content (AvgIpc) is 3.72. The summed E-state index contributed by atoms with van der Waals surface area (Å²) in [5, 5.41) is 14.3. The van der Waals surface area contributed by atoms with Crippen molar-refractivity contribution in [2.24, 2.45) is 11.8 Å². The zero-order chi connectivity index (χ0) is 36.9. The summed E-state index contributed by atoms with van der Waals surface area (Å²) < 4.78 is 131. The largest absolute Gasteiger partial charge is 0.464 e. The predicted molar refractivity (Wildman–Crippen MR) is 147 cm³/mol. The predicted octanol–water partition coefficient (Wildman–Crippen LogP) is 3.54. The molecule has 10 nitrogen and oxygen atoms in total. The van der Waals surface area contributed by atoms with Gasteiger partial charge in [-0.05, 0) is 48.6 Å². The molecule has 0 aliphatic carbocycles. The molecule has 216 valence electrons. The molecule has 2 saturated heterocycles. The van der Waals surface area contributed by atoms with Crippen LogP contribution in [-0.2, 0) is 30.7 Å². The normalized spacial score (nSPS) is 30.1. The summed E-state index contributed by atoms with van der Waals surface area (Å²) in [4.78, 5) is 12.9. The van der Waals surface area contributed by atoms with Crippen molar-refractivity contribution in [1.82, 2.24) is 9.62 Å². The van der Waals surface area contributed by atoms with Crippen LogP contribution in [-0.4, -0.2) is 74.7 Å². The standard InChI is InChI=1S/C29H36N2O8S/c1-19(2)16-31(40(34,35)22-8-9-26-21(15-22)10-12-36-26)17-25(32)24(14-20-6-4-3-5-7-20)30-29(33)39-27-18-38-28-23(27)11-13-37-28/h3-10,12,15,19,23-25,27-28,32H,11,13-14,16-18H2,1-2H3,(H,30,33)/t23-,24-,25+,27-,28+/m0/s1/i1D3,2D3,18D2,19D,27D. The molecule has 3 aromatic rings. The van der Waals surface area contributed by atoms with E-state index in [9.17, 15) is 18.3 Å². The second-order valence-corrected chi connectivity index (χ2v) is 11.5. The Kier molecular flexibility index (Phi) is 5.67. The van der Waals surface area contributed by atoms with Gasteiger partial charge in [-0.3, -0.25) is 0 Å². The van der Waals surface area contributed by atoms with Gasteiger partial charge in [0.05, 0.1) is 46.5 Å². The molecular weight excluding hydrogens is 536 g/mol. The summed E-state index contributed by atoms with van der Waals surface area (Å²) in [6, 6.07) is 12.0. The van der Waals surface area contributed by atoms with Gasteiger partial charge in [-0.15, -0.1) is 0 Å². The first-order chi connectivity index (χ1) is 23.1. The third kappa shape index (κ3) is 6.50. The molecule has 2 aliphatic heterocycles. The first-order valence-corrected chi connectivity index (χ1v) is 14.0. The lowest BCUT2D eigenvalue weighted by atomic mass is 10.0. The molecule has 40 heavy (non-hydrogen) atoms. The number of ether oxygens (including phenoxy) is 3. The number of alkyl carbamates (subject to hydrolysis) is 1. The summed E-state index contributed by atoms with van der Waals surface area (Å²) >= 11 is 0. The van der Waals surface area contributed by atoms with Gasteiger partial charge in [0.15, 0.2) is 6.29 Å². The van der Waals surface area contributed by atoms with E-state index >= 15 is 0 Å².